The molecule has 0 aliphatic carbocycles. The first-order chi connectivity index (χ1) is 10.9. The molecule has 1 aliphatic heterocycles. The minimum absolute atomic E-state index is 0.0734. The summed E-state index contributed by atoms with van der Waals surface area (Å²) in [4.78, 5) is 7.85. The summed E-state index contributed by atoms with van der Waals surface area (Å²) in [6.07, 6.45) is -3.19. The van der Waals surface area contributed by atoms with E-state index in [1.165, 1.54) is 12.4 Å². The molecule has 0 radical (unpaired) electrons. The number of hydrogen-bond acceptors (Lipinski definition) is 4. The third-order valence-corrected chi connectivity index (χ3v) is 3.60. The van der Waals surface area contributed by atoms with Gasteiger partial charge in [-0.1, -0.05) is 23.7 Å². The van der Waals surface area contributed by atoms with Crippen LogP contribution in [0.3, 0.4) is 0 Å². The molecule has 1 atom stereocenters. The van der Waals surface area contributed by atoms with Gasteiger partial charge in [0.15, 0.2) is 0 Å². The smallest absolute Gasteiger partial charge is 0.389 e. The lowest BCUT2D eigenvalue weighted by Gasteiger charge is -2.15. The van der Waals surface area contributed by atoms with Crippen molar-refractivity contribution in [1.82, 2.24) is 9.97 Å². The van der Waals surface area contributed by atoms with E-state index in [1.54, 1.807) is 18.2 Å². The molecular weight excluding hydrogens is 333 g/mol. The van der Waals surface area contributed by atoms with E-state index in [9.17, 15) is 13.2 Å². The van der Waals surface area contributed by atoms with Crippen LogP contribution in [0.4, 0.5) is 13.2 Å². The number of nitrogens with zero attached hydrogens (tertiary/aromatic N) is 2. The van der Waals surface area contributed by atoms with Crippen LogP contribution in [0.2, 0.25) is 5.02 Å². The van der Waals surface area contributed by atoms with Gasteiger partial charge in [-0.25, -0.2) is 9.97 Å². The van der Waals surface area contributed by atoms with Gasteiger partial charge < -0.3 is 9.47 Å². The molecule has 0 saturated carbocycles. The van der Waals surface area contributed by atoms with Gasteiger partial charge in [-0.2, -0.15) is 13.2 Å². The number of aromatic nitrogens is 2. The second-order valence-electron chi connectivity index (χ2n) is 5.07. The molecule has 122 valence electrons. The summed E-state index contributed by atoms with van der Waals surface area (Å²) in [5.41, 5.74) is 1.43. The zero-order valence-electron chi connectivity index (χ0n) is 11.8. The summed E-state index contributed by atoms with van der Waals surface area (Å²) < 4.78 is 48.4. The average molecular weight is 345 g/mol. The lowest BCUT2D eigenvalue weighted by Crippen LogP contribution is -2.10. The summed E-state index contributed by atoms with van der Waals surface area (Å²) in [5.74, 6) is 0.398. The Morgan fingerprint density at radius 1 is 1.26 bits per heavy atom. The van der Waals surface area contributed by atoms with Gasteiger partial charge in [0.05, 0.1) is 30.1 Å². The van der Waals surface area contributed by atoms with Gasteiger partial charge in [-0.15, -0.1) is 0 Å². The fourth-order valence-corrected chi connectivity index (χ4v) is 2.51. The molecule has 2 heterocycles. The van der Waals surface area contributed by atoms with E-state index in [0.717, 1.165) is 5.56 Å². The number of halogens is 4. The highest BCUT2D eigenvalue weighted by molar-refractivity contribution is 6.30. The summed E-state index contributed by atoms with van der Waals surface area (Å²) >= 11 is 5.71. The molecule has 0 saturated heterocycles. The quantitative estimate of drug-likeness (QED) is 0.796. The van der Waals surface area contributed by atoms with Crippen molar-refractivity contribution >= 4 is 11.6 Å². The Balaban J connectivity index is 1.82. The maximum atomic E-state index is 12.5. The standard InChI is InChI=1S/C15H12ClF3N2O2/c16-10-6-20-14(21-7-10)23-12-3-1-2-9-8-22-11(13(9)12)4-5-15(17,18)19/h1-3,6-7,11H,4-5,8H2. The zero-order chi connectivity index (χ0) is 16.4. The fourth-order valence-electron chi connectivity index (χ4n) is 2.42. The number of benzene rings is 1. The molecule has 0 N–H and O–H groups in total. The summed E-state index contributed by atoms with van der Waals surface area (Å²) in [6.45, 7) is 0.260. The van der Waals surface area contributed by atoms with Crippen LogP contribution in [-0.2, 0) is 11.3 Å². The number of rotatable bonds is 4. The van der Waals surface area contributed by atoms with E-state index in [0.29, 0.717) is 16.3 Å². The third-order valence-electron chi connectivity index (χ3n) is 3.41. The third kappa shape index (κ3) is 3.92. The van der Waals surface area contributed by atoms with Gasteiger partial charge in [0.25, 0.3) is 0 Å². The van der Waals surface area contributed by atoms with Gasteiger partial charge in [-0.05, 0) is 18.1 Å². The predicted molar refractivity (Wildman–Crippen MR) is 76.4 cm³/mol. The van der Waals surface area contributed by atoms with Crippen molar-refractivity contribution in [2.24, 2.45) is 0 Å². The Labute approximate surface area is 135 Å². The molecule has 2 aromatic rings. The molecule has 8 heteroatoms. The first kappa shape index (κ1) is 16.0. The van der Waals surface area contributed by atoms with Crippen molar-refractivity contribution < 1.29 is 22.6 Å². The summed E-state index contributed by atoms with van der Waals surface area (Å²) in [5, 5.41) is 0.363. The topological polar surface area (TPSA) is 44.2 Å². The van der Waals surface area contributed by atoms with E-state index in [-0.39, 0.29) is 19.0 Å². The number of alkyl halides is 3. The molecule has 0 bridgehead atoms. The Morgan fingerprint density at radius 2 is 2.00 bits per heavy atom. The number of fused-ring (bicyclic) bond motifs is 1. The lowest BCUT2D eigenvalue weighted by molar-refractivity contribution is -0.141. The van der Waals surface area contributed by atoms with Gasteiger partial charge in [0, 0.05) is 12.0 Å². The molecule has 1 unspecified atom stereocenters. The second-order valence-corrected chi connectivity index (χ2v) is 5.50. The van der Waals surface area contributed by atoms with Crippen molar-refractivity contribution in [2.75, 3.05) is 0 Å². The Morgan fingerprint density at radius 3 is 2.70 bits per heavy atom. The van der Waals surface area contributed by atoms with Crippen LogP contribution in [0.25, 0.3) is 0 Å². The van der Waals surface area contributed by atoms with Crippen molar-refractivity contribution in [2.45, 2.75) is 31.7 Å². The van der Waals surface area contributed by atoms with Crippen LogP contribution < -0.4 is 4.74 Å². The molecule has 4 nitrogen and oxygen atoms in total. The van der Waals surface area contributed by atoms with Crippen molar-refractivity contribution in [3.05, 3.63) is 46.7 Å². The second kappa shape index (κ2) is 6.33. The molecule has 1 aliphatic rings. The van der Waals surface area contributed by atoms with E-state index in [1.807, 2.05) is 0 Å². The zero-order valence-corrected chi connectivity index (χ0v) is 12.6. The number of hydrogen-bond donors (Lipinski definition) is 0. The van der Waals surface area contributed by atoms with E-state index in [4.69, 9.17) is 21.1 Å². The molecular formula is C15H12ClF3N2O2. The van der Waals surface area contributed by atoms with Crippen LogP contribution in [0, 0.1) is 0 Å². The molecule has 3 rings (SSSR count). The van der Waals surface area contributed by atoms with Crippen LogP contribution in [0.5, 0.6) is 11.8 Å². The van der Waals surface area contributed by atoms with Crippen LogP contribution >= 0.6 is 11.6 Å². The first-order valence-corrected chi connectivity index (χ1v) is 7.26. The van der Waals surface area contributed by atoms with E-state index < -0.39 is 18.7 Å². The molecule has 0 fully saturated rings. The van der Waals surface area contributed by atoms with Crippen molar-refractivity contribution in [3.8, 4) is 11.8 Å². The SMILES string of the molecule is FC(F)(F)CCC1OCc2cccc(Oc3ncc(Cl)cn3)c21. The van der Waals surface area contributed by atoms with Crippen molar-refractivity contribution in [3.63, 3.8) is 0 Å². The Bertz CT molecular complexity index is 692. The van der Waals surface area contributed by atoms with Crippen LogP contribution in [0.1, 0.15) is 30.1 Å². The molecule has 1 aromatic heterocycles. The largest absolute Gasteiger partial charge is 0.424 e. The summed E-state index contributed by atoms with van der Waals surface area (Å²) in [6, 6.07) is 5.29. The minimum Gasteiger partial charge on any atom is -0.424 e. The minimum atomic E-state index is -4.22. The average Bonchev–Trinajstić information content (AvgIpc) is 2.91. The van der Waals surface area contributed by atoms with Gasteiger partial charge in [0.2, 0.25) is 0 Å². The van der Waals surface area contributed by atoms with Gasteiger partial charge in [0.1, 0.15) is 5.75 Å². The molecule has 0 amide bonds. The Hall–Kier alpha value is -1.86. The van der Waals surface area contributed by atoms with Crippen molar-refractivity contribution in [1.29, 1.82) is 0 Å². The van der Waals surface area contributed by atoms with Crippen LogP contribution in [0.15, 0.2) is 30.6 Å². The van der Waals surface area contributed by atoms with Gasteiger partial charge >= 0.3 is 12.2 Å². The van der Waals surface area contributed by atoms with Gasteiger partial charge in [-0.3, -0.25) is 0 Å². The lowest BCUT2D eigenvalue weighted by atomic mass is 10.0. The maximum Gasteiger partial charge on any atom is 0.389 e. The molecule has 23 heavy (non-hydrogen) atoms. The maximum absolute atomic E-state index is 12.5. The summed E-state index contributed by atoms with van der Waals surface area (Å²) in [7, 11) is 0. The highest BCUT2D eigenvalue weighted by Gasteiger charge is 2.33. The highest BCUT2D eigenvalue weighted by atomic mass is 35.5. The normalized spacial score (nSPS) is 17.1. The highest BCUT2D eigenvalue weighted by Crippen LogP contribution is 2.42. The molecule has 1 aromatic carbocycles. The molecule has 0 spiro atoms. The number of ether oxygens (including phenoxy) is 2. The predicted octanol–water partition coefficient (Wildman–Crippen LogP) is 4.84. The van der Waals surface area contributed by atoms with E-state index in [2.05, 4.69) is 9.97 Å². The van der Waals surface area contributed by atoms with Crippen LogP contribution in [-0.4, -0.2) is 16.1 Å². The fraction of sp³-hybridized carbons (Fsp3) is 0.333. The Kier molecular flexibility index (Phi) is 4.41. The van der Waals surface area contributed by atoms with E-state index >= 15 is 0 Å². The first-order valence-electron chi connectivity index (χ1n) is 6.88. The monoisotopic (exact) mass is 344 g/mol.